The summed E-state index contributed by atoms with van der Waals surface area (Å²) >= 11 is 0. The summed E-state index contributed by atoms with van der Waals surface area (Å²) in [5.41, 5.74) is 7.89. The van der Waals surface area contributed by atoms with Crippen molar-refractivity contribution in [1.82, 2.24) is 9.88 Å². The molecule has 1 saturated carbocycles. The number of likely N-dealkylation sites (tertiary alicyclic amines) is 1. The van der Waals surface area contributed by atoms with Crippen molar-refractivity contribution in [3.8, 4) is 5.75 Å². The first kappa shape index (κ1) is 22.2. The number of hydrogen-bond acceptors (Lipinski definition) is 6. The molecule has 0 bridgehead atoms. The lowest BCUT2D eigenvalue weighted by atomic mass is 10.0. The highest BCUT2D eigenvalue weighted by Gasteiger charge is 2.45. The molecule has 5 rings (SSSR count). The zero-order chi connectivity index (χ0) is 23.4. The molecule has 34 heavy (non-hydrogen) atoms. The molecule has 0 atom stereocenters. The van der Waals surface area contributed by atoms with Gasteiger partial charge < -0.3 is 21.1 Å². The summed E-state index contributed by atoms with van der Waals surface area (Å²) in [7, 11) is 0. The molecule has 2 fully saturated rings. The summed E-state index contributed by atoms with van der Waals surface area (Å²) < 4.78 is 5.89. The standard InChI is InChI=1S/C27H31N5O2/c28-25(33)23-12-13-24(30-26(23)31-27(14-15-27)20-6-2-1-3-7-20)29-21-8-10-22(11-9-21)34-19-18-32-16-4-5-17-32/h1-3,6-13H,4-5,14-19H2,(H2,28,33)(H2,29,30,31). The monoisotopic (exact) mass is 457 g/mol. The molecule has 2 aromatic carbocycles. The van der Waals surface area contributed by atoms with Crippen molar-refractivity contribution in [3.63, 3.8) is 0 Å². The first-order valence-electron chi connectivity index (χ1n) is 12.0. The van der Waals surface area contributed by atoms with E-state index in [2.05, 4.69) is 27.7 Å². The number of aromatic nitrogens is 1. The van der Waals surface area contributed by atoms with Gasteiger partial charge in [-0.2, -0.15) is 0 Å². The Morgan fingerprint density at radius 2 is 1.74 bits per heavy atom. The van der Waals surface area contributed by atoms with E-state index < -0.39 is 5.91 Å². The van der Waals surface area contributed by atoms with E-state index in [1.54, 1.807) is 12.1 Å². The zero-order valence-electron chi connectivity index (χ0n) is 19.3. The minimum atomic E-state index is -0.499. The van der Waals surface area contributed by atoms with Crippen LogP contribution in [0.1, 0.15) is 41.6 Å². The molecule has 7 heteroatoms. The van der Waals surface area contributed by atoms with Crippen LogP contribution in [0.5, 0.6) is 5.75 Å². The molecule has 1 amide bonds. The Balaban J connectivity index is 1.25. The summed E-state index contributed by atoms with van der Waals surface area (Å²) in [4.78, 5) is 19.2. The van der Waals surface area contributed by atoms with Crippen molar-refractivity contribution in [3.05, 3.63) is 77.9 Å². The molecule has 1 saturated heterocycles. The summed E-state index contributed by atoms with van der Waals surface area (Å²) in [6.45, 7) is 4.02. The van der Waals surface area contributed by atoms with Crippen LogP contribution in [0.3, 0.4) is 0 Å². The van der Waals surface area contributed by atoms with Gasteiger partial charge in [0.1, 0.15) is 24.0 Å². The minimum Gasteiger partial charge on any atom is -0.492 e. The van der Waals surface area contributed by atoms with E-state index in [-0.39, 0.29) is 5.54 Å². The molecule has 4 N–H and O–H groups in total. The molecule has 176 valence electrons. The summed E-state index contributed by atoms with van der Waals surface area (Å²) in [5.74, 6) is 1.49. The average Bonchev–Trinajstić information content (AvgIpc) is 3.44. The molecule has 2 aliphatic rings. The lowest BCUT2D eigenvalue weighted by Gasteiger charge is -2.21. The van der Waals surface area contributed by atoms with Crippen LogP contribution >= 0.6 is 0 Å². The Labute approximate surface area is 200 Å². The number of primary amides is 1. The Hall–Kier alpha value is -3.58. The van der Waals surface area contributed by atoms with E-state index in [0.29, 0.717) is 23.8 Å². The Morgan fingerprint density at radius 3 is 2.41 bits per heavy atom. The predicted octanol–water partition coefficient (Wildman–Crippen LogP) is 4.50. The largest absolute Gasteiger partial charge is 0.492 e. The number of amides is 1. The van der Waals surface area contributed by atoms with Crippen LogP contribution < -0.4 is 21.1 Å². The van der Waals surface area contributed by atoms with E-state index in [0.717, 1.165) is 30.8 Å². The SMILES string of the molecule is NC(=O)c1ccc(Nc2ccc(OCCN3CCCC3)cc2)nc1NC1(c2ccccc2)CC1. The summed E-state index contributed by atoms with van der Waals surface area (Å²) in [6, 6.07) is 21.6. The molecule has 0 unspecified atom stereocenters. The van der Waals surface area contributed by atoms with Crippen LogP contribution in [0.4, 0.5) is 17.3 Å². The van der Waals surface area contributed by atoms with Gasteiger partial charge >= 0.3 is 0 Å². The maximum atomic E-state index is 12.0. The van der Waals surface area contributed by atoms with Crippen LogP contribution in [0.15, 0.2) is 66.7 Å². The molecular formula is C27H31N5O2. The topological polar surface area (TPSA) is 92.5 Å². The Kier molecular flexibility index (Phi) is 6.36. The van der Waals surface area contributed by atoms with Crippen LogP contribution in [0.2, 0.25) is 0 Å². The fourth-order valence-electron chi connectivity index (χ4n) is 4.50. The first-order valence-corrected chi connectivity index (χ1v) is 12.0. The molecule has 3 aromatic rings. The number of hydrogen-bond donors (Lipinski definition) is 3. The number of rotatable bonds is 10. The maximum absolute atomic E-state index is 12.0. The molecule has 0 radical (unpaired) electrons. The normalized spacial score (nSPS) is 16.7. The predicted molar refractivity (Wildman–Crippen MR) is 135 cm³/mol. The third kappa shape index (κ3) is 5.15. The van der Waals surface area contributed by atoms with Gasteiger partial charge in [0.05, 0.1) is 11.1 Å². The number of nitrogens with one attached hydrogen (secondary N) is 2. The number of nitrogens with zero attached hydrogens (tertiary/aromatic N) is 2. The number of pyridine rings is 1. The third-order valence-corrected chi connectivity index (χ3v) is 6.60. The fourth-order valence-corrected chi connectivity index (χ4v) is 4.50. The molecule has 2 heterocycles. The van der Waals surface area contributed by atoms with E-state index in [9.17, 15) is 4.79 Å². The number of carbonyl (C=O) groups is 1. The van der Waals surface area contributed by atoms with Gasteiger partial charge in [-0.25, -0.2) is 4.98 Å². The van der Waals surface area contributed by atoms with Crippen LogP contribution in [0, 0.1) is 0 Å². The lowest BCUT2D eigenvalue weighted by molar-refractivity contribution is 0.100. The van der Waals surface area contributed by atoms with E-state index >= 15 is 0 Å². The lowest BCUT2D eigenvalue weighted by Crippen LogP contribution is -2.25. The zero-order valence-corrected chi connectivity index (χ0v) is 19.3. The van der Waals surface area contributed by atoms with Gasteiger partial charge in [-0.3, -0.25) is 9.69 Å². The highest BCUT2D eigenvalue weighted by molar-refractivity contribution is 5.98. The molecule has 1 aliphatic heterocycles. The second-order valence-electron chi connectivity index (χ2n) is 9.08. The molecular weight excluding hydrogens is 426 g/mol. The van der Waals surface area contributed by atoms with Gasteiger partial charge in [0.15, 0.2) is 0 Å². The van der Waals surface area contributed by atoms with E-state index in [1.807, 2.05) is 42.5 Å². The average molecular weight is 458 g/mol. The third-order valence-electron chi connectivity index (χ3n) is 6.60. The summed E-state index contributed by atoms with van der Waals surface area (Å²) in [6.07, 6.45) is 4.54. The van der Waals surface area contributed by atoms with Gasteiger partial charge in [-0.15, -0.1) is 0 Å². The number of carbonyl (C=O) groups excluding carboxylic acids is 1. The second-order valence-corrected chi connectivity index (χ2v) is 9.08. The van der Waals surface area contributed by atoms with Crippen LogP contribution in [-0.2, 0) is 5.54 Å². The van der Waals surface area contributed by atoms with Crippen molar-refractivity contribution in [2.45, 2.75) is 31.2 Å². The van der Waals surface area contributed by atoms with Gasteiger partial charge in [0.25, 0.3) is 5.91 Å². The number of benzene rings is 2. The van der Waals surface area contributed by atoms with Gasteiger partial charge in [0, 0.05) is 12.2 Å². The fraction of sp³-hybridized carbons (Fsp3) is 0.333. The smallest absolute Gasteiger partial charge is 0.252 e. The van der Waals surface area contributed by atoms with Gasteiger partial charge in [0.2, 0.25) is 0 Å². The van der Waals surface area contributed by atoms with Crippen molar-refractivity contribution in [2.24, 2.45) is 5.73 Å². The highest BCUT2D eigenvalue weighted by atomic mass is 16.5. The van der Waals surface area contributed by atoms with Crippen molar-refractivity contribution >= 4 is 23.2 Å². The van der Waals surface area contributed by atoms with Gasteiger partial charge in [-0.1, -0.05) is 30.3 Å². The quantitative estimate of drug-likeness (QED) is 0.415. The molecule has 1 aromatic heterocycles. The molecule has 0 spiro atoms. The van der Waals surface area contributed by atoms with Crippen molar-refractivity contribution in [2.75, 3.05) is 36.9 Å². The number of nitrogens with two attached hydrogens (primary N) is 1. The highest BCUT2D eigenvalue weighted by Crippen LogP contribution is 2.48. The molecule has 7 nitrogen and oxygen atoms in total. The minimum absolute atomic E-state index is 0.203. The summed E-state index contributed by atoms with van der Waals surface area (Å²) in [5, 5.41) is 6.82. The van der Waals surface area contributed by atoms with Gasteiger partial charge in [-0.05, 0) is 80.7 Å². The Morgan fingerprint density at radius 1 is 1.00 bits per heavy atom. The molecule has 1 aliphatic carbocycles. The van der Waals surface area contributed by atoms with Crippen LogP contribution in [-0.4, -0.2) is 42.0 Å². The van der Waals surface area contributed by atoms with Crippen LogP contribution in [0.25, 0.3) is 0 Å². The number of ether oxygens (including phenoxy) is 1. The second kappa shape index (κ2) is 9.73. The van der Waals surface area contributed by atoms with Crippen molar-refractivity contribution < 1.29 is 9.53 Å². The Bertz CT molecular complexity index is 1120. The number of anilines is 3. The van der Waals surface area contributed by atoms with Crippen molar-refractivity contribution in [1.29, 1.82) is 0 Å². The first-order chi connectivity index (χ1) is 16.6. The maximum Gasteiger partial charge on any atom is 0.252 e. The van der Waals surface area contributed by atoms with E-state index in [4.69, 9.17) is 15.5 Å². The van der Waals surface area contributed by atoms with E-state index in [1.165, 1.54) is 31.5 Å².